The van der Waals surface area contributed by atoms with E-state index >= 15 is 0 Å². The lowest BCUT2D eigenvalue weighted by Crippen LogP contribution is -2.64. The summed E-state index contributed by atoms with van der Waals surface area (Å²) in [6.45, 7) is 2.26. The van der Waals surface area contributed by atoms with Crippen LogP contribution in [0.3, 0.4) is 0 Å². The van der Waals surface area contributed by atoms with E-state index in [9.17, 15) is 14.7 Å². The van der Waals surface area contributed by atoms with Crippen LogP contribution in [0, 0.1) is 11.8 Å². The second-order valence-corrected chi connectivity index (χ2v) is 6.16. The maximum absolute atomic E-state index is 12.4. The van der Waals surface area contributed by atoms with Gasteiger partial charge in [0.15, 0.2) is 0 Å². The number of hydrogen-bond donors (Lipinski definition) is 2. The zero-order valence-electron chi connectivity index (χ0n) is 13.6. The Morgan fingerprint density at radius 3 is 2.75 bits per heavy atom. The average Bonchev–Trinajstić information content (AvgIpc) is 2.61. The van der Waals surface area contributed by atoms with Gasteiger partial charge in [-0.2, -0.15) is 0 Å². The Morgan fingerprint density at radius 1 is 1.33 bits per heavy atom. The predicted molar refractivity (Wildman–Crippen MR) is 90.2 cm³/mol. The summed E-state index contributed by atoms with van der Waals surface area (Å²) in [6, 6.07) is 9.89. The van der Waals surface area contributed by atoms with Crippen LogP contribution in [-0.4, -0.2) is 35.7 Å². The molecule has 0 radical (unpaired) electrons. The number of ether oxygens (including phenoxy) is 1. The molecule has 0 bridgehead atoms. The maximum Gasteiger partial charge on any atom is 0.338 e. The minimum Gasteiger partial charge on any atom is -0.479 e. The third kappa shape index (κ3) is 2.76. The first-order valence-corrected chi connectivity index (χ1v) is 8.18. The van der Waals surface area contributed by atoms with Gasteiger partial charge in [-0.15, -0.1) is 0 Å². The number of aliphatic carboxylic acids is 1. The van der Waals surface area contributed by atoms with E-state index in [4.69, 9.17) is 4.74 Å². The summed E-state index contributed by atoms with van der Waals surface area (Å²) in [5.41, 5.74) is 0.442. The van der Waals surface area contributed by atoms with E-state index in [0.717, 1.165) is 11.1 Å². The summed E-state index contributed by atoms with van der Waals surface area (Å²) in [7, 11) is 0. The van der Waals surface area contributed by atoms with Crippen LogP contribution >= 0.6 is 0 Å². The molecule has 0 amide bonds. The Kier molecular flexibility index (Phi) is 4.53. The number of fused-ring (bicyclic) bond motifs is 1. The maximum atomic E-state index is 12.4. The number of piperidine rings is 1. The van der Waals surface area contributed by atoms with Crippen molar-refractivity contribution in [3.63, 3.8) is 0 Å². The Balaban J connectivity index is 1.96. The van der Waals surface area contributed by atoms with Gasteiger partial charge in [0.2, 0.25) is 5.54 Å². The Bertz CT molecular complexity index is 695. The molecule has 5 heteroatoms. The van der Waals surface area contributed by atoms with Crippen LogP contribution in [0.25, 0.3) is 5.57 Å². The van der Waals surface area contributed by atoms with Crippen LogP contribution in [0.15, 0.2) is 48.6 Å². The molecule has 0 saturated carbocycles. The molecule has 1 heterocycles. The summed E-state index contributed by atoms with van der Waals surface area (Å²) in [5, 5.41) is 12.7. The molecule has 5 nitrogen and oxygen atoms in total. The first kappa shape index (κ1) is 16.5. The second kappa shape index (κ2) is 6.61. The molecule has 1 aliphatic carbocycles. The number of nitrogens with one attached hydrogen (secondary N) is 1. The van der Waals surface area contributed by atoms with Gasteiger partial charge < -0.3 is 9.84 Å². The first-order chi connectivity index (χ1) is 11.6. The van der Waals surface area contributed by atoms with Crippen LogP contribution < -0.4 is 5.32 Å². The van der Waals surface area contributed by atoms with Crippen molar-refractivity contribution in [3.05, 3.63) is 54.1 Å². The fourth-order valence-corrected chi connectivity index (χ4v) is 3.56. The Hall–Kier alpha value is -2.40. The molecule has 2 aliphatic rings. The molecular weight excluding hydrogens is 306 g/mol. The molecule has 1 saturated heterocycles. The predicted octanol–water partition coefficient (Wildman–Crippen LogP) is 2.25. The first-order valence-electron chi connectivity index (χ1n) is 8.18. The minimum absolute atomic E-state index is 0.0424. The highest BCUT2D eigenvalue weighted by Crippen LogP contribution is 2.41. The van der Waals surface area contributed by atoms with E-state index in [0.29, 0.717) is 6.54 Å². The van der Waals surface area contributed by atoms with Crippen molar-refractivity contribution in [2.24, 2.45) is 11.8 Å². The molecule has 126 valence electrons. The second-order valence-electron chi connectivity index (χ2n) is 6.16. The SMILES string of the molecule is CCOC(=O)C1(C(=O)O)CC2C(c3ccccc3)=CC=CC2CN1. The summed E-state index contributed by atoms with van der Waals surface area (Å²) in [4.78, 5) is 24.3. The lowest BCUT2D eigenvalue weighted by Gasteiger charge is -2.42. The standard InChI is InChI=1S/C19H21NO4/c1-2-24-18(23)19(17(21)22)11-16-14(12-20-19)9-6-10-15(16)13-7-4-3-5-8-13/h3-10,14,16,20H,2,11-12H2,1H3,(H,21,22). The summed E-state index contributed by atoms with van der Waals surface area (Å²) < 4.78 is 5.05. The van der Waals surface area contributed by atoms with Crippen molar-refractivity contribution < 1.29 is 19.4 Å². The summed E-state index contributed by atoms with van der Waals surface area (Å²) >= 11 is 0. The third-order valence-electron chi connectivity index (χ3n) is 4.81. The molecule has 0 spiro atoms. The van der Waals surface area contributed by atoms with E-state index in [1.165, 1.54) is 0 Å². The monoisotopic (exact) mass is 327 g/mol. The van der Waals surface area contributed by atoms with Crippen LogP contribution in [-0.2, 0) is 14.3 Å². The summed E-state index contributed by atoms with van der Waals surface area (Å²) in [5.74, 6) is -1.77. The molecule has 3 rings (SSSR count). The van der Waals surface area contributed by atoms with Gasteiger partial charge in [-0.05, 0) is 36.3 Å². The quantitative estimate of drug-likeness (QED) is 0.655. The number of allylic oxidation sites excluding steroid dienone is 3. The molecule has 1 aliphatic heterocycles. The van der Waals surface area contributed by atoms with E-state index < -0.39 is 17.5 Å². The molecular formula is C19H21NO4. The van der Waals surface area contributed by atoms with Gasteiger partial charge >= 0.3 is 11.9 Å². The van der Waals surface area contributed by atoms with Crippen LogP contribution in [0.4, 0.5) is 0 Å². The molecule has 1 aromatic rings. The highest BCUT2D eigenvalue weighted by molar-refractivity contribution is 6.04. The van der Waals surface area contributed by atoms with Crippen molar-refractivity contribution >= 4 is 17.5 Å². The van der Waals surface area contributed by atoms with Gasteiger partial charge in [0.05, 0.1) is 6.61 Å². The minimum atomic E-state index is -1.68. The lowest BCUT2D eigenvalue weighted by molar-refractivity contribution is -0.165. The smallest absolute Gasteiger partial charge is 0.338 e. The van der Waals surface area contributed by atoms with E-state index in [-0.39, 0.29) is 24.9 Å². The van der Waals surface area contributed by atoms with Crippen molar-refractivity contribution in [2.75, 3.05) is 13.2 Å². The number of hydrogen-bond acceptors (Lipinski definition) is 4. The Morgan fingerprint density at radius 2 is 2.08 bits per heavy atom. The highest BCUT2D eigenvalue weighted by atomic mass is 16.5. The molecule has 24 heavy (non-hydrogen) atoms. The van der Waals surface area contributed by atoms with Crippen LogP contribution in [0.1, 0.15) is 18.9 Å². The van der Waals surface area contributed by atoms with Gasteiger partial charge in [-0.1, -0.05) is 48.6 Å². The van der Waals surface area contributed by atoms with E-state index in [1.54, 1.807) is 6.92 Å². The normalized spacial score (nSPS) is 28.6. The average molecular weight is 327 g/mol. The van der Waals surface area contributed by atoms with Crippen molar-refractivity contribution in [1.82, 2.24) is 5.32 Å². The van der Waals surface area contributed by atoms with E-state index in [1.807, 2.05) is 42.5 Å². The lowest BCUT2D eigenvalue weighted by atomic mass is 9.69. The van der Waals surface area contributed by atoms with Crippen LogP contribution in [0.5, 0.6) is 0 Å². The summed E-state index contributed by atoms with van der Waals surface area (Å²) in [6.07, 6.45) is 6.26. The molecule has 1 aromatic carbocycles. The van der Waals surface area contributed by atoms with Crippen molar-refractivity contribution in [2.45, 2.75) is 18.9 Å². The molecule has 0 aromatic heterocycles. The highest BCUT2D eigenvalue weighted by Gasteiger charge is 2.53. The fourth-order valence-electron chi connectivity index (χ4n) is 3.56. The molecule has 3 unspecified atom stereocenters. The number of carboxylic acid groups (broad SMARTS) is 1. The van der Waals surface area contributed by atoms with E-state index in [2.05, 4.69) is 11.4 Å². The van der Waals surface area contributed by atoms with Crippen molar-refractivity contribution in [1.29, 1.82) is 0 Å². The number of rotatable bonds is 4. The van der Waals surface area contributed by atoms with Gasteiger partial charge in [0.25, 0.3) is 0 Å². The van der Waals surface area contributed by atoms with Gasteiger partial charge in [-0.3, -0.25) is 5.32 Å². The number of benzene rings is 1. The molecule has 2 N–H and O–H groups in total. The Labute approximate surface area is 141 Å². The topological polar surface area (TPSA) is 75.6 Å². The van der Waals surface area contributed by atoms with Gasteiger partial charge in [0, 0.05) is 6.54 Å². The number of carboxylic acids is 1. The number of carbonyl (C=O) groups is 2. The van der Waals surface area contributed by atoms with Crippen LogP contribution in [0.2, 0.25) is 0 Å². The number of carbonyl (C=O) groups excluding carboxylic acids is 1. The molecule has 1 fully saturated rings. The third-order valence-corrected chi connectivity index (χ3v) is 4.81. The molecule has 3 atom stereocenters. The van der Waals surface area contributed by atoms with Crippen molar-refractivity contribution in [3.8, 4) is 0 Å². The zero-order valence-corrected chi connectivity index (χ0v) is 13.6. The van der Waals surface area contributed by atoms with Gasteiger partial charge in [-0.25, -0.2) is 9.59 Å². The largest absolute Gasteiger partial charge is 0.479 e. The zero-order chi connectivity index (χ0) is 17.2. The van der Waals surface area contributed by atoms with Gasteiger partial charge in [0.1, 0.15) is 0 Å². The number of esters is 1. The fraction of sp³-hybridized carbons (Fsp3) is 0.368.